The maximum absolute atomic E-state index is 11.0. The molecule has 0 saturated carbocycles. The second-order valence-electron chi connectivity index (χ2n) is 5.59. The summed E-state index contributed by atoms with van der Waals surface area (Å²) in [6.07, 6.45) is 4.85. The molecule has 1 atom stereocenters. The van der Waals surface area contributed by atoms with Gasteiger partial charge in [-0.25, -0.2) is 0 Å². The molecule has 0 aliphatic carbocycles. The first-order valence-electron chi connectivity index (χ1n) is 7.42. The van der Waals surface area contributed by atoms with Gasteiger partial charge in [0.2, 0.25) is 0 Å². The molecule has 1 aromatic carbocycles. The number of rotatable bonds is 6. The molecule has 0 spiro atoms. The lowest BCUT2D eigenvalue weighted by Gasteiger charge is -2.36. The summed E-state index contributed by atoms with van der Waals surface area (Å²) in [4.78, 5) is 13.1. The van der Waals surface area contributed by atoms with Crippen LogP contribution in [-0.4, -0.2) is 36.0 Å². The molecule has 0 radical (unpaired) electrons. The van der Waals surface area contributed by atoms with Gasteiger partial charge in [-0.1, -0.05) is 22.4 Å². The minimum absolute atomic E-state index is 0.156. The van der Waals surface area contributed by atoms with Crippen LogP contribution in [0.3, 0.4) is 0 Å². The average Bonchev–Trinajstić information content (AvgIpc) is 2.45. The van der Waals surface area contributed by atoms with Gasteiger partial charge in [-0.3, -0.25) is 15.0 Å². The van der Waals surface area contributed by atoms with Crippen LogP contribution in [0.4, 0.5) is 5.69 Å². The molecule has 1 N–H and O–H groups in total. The molecule has 0 aromatic heterocycles. The summed E-state index contributed by atoms with van der Waals surface area (Å²) in [7, 11) is 1.98. The van der Waals surface area contributed by atoms with Crippen molar-refractivity contribution in [2.75, 3.05) is 20.1 Å². The molecule has 1 unspecified atom stereocenters. The highest BCUT2D eigenvalue weighted by Gasteiger charge is 2.22. The quantitative estimate of drug-likeness (QED) is 0.628. The van der Waals surface area contributed by atoms with Crippen molar-refractivity contribution in [2.24, 2.45) is 0 Å². The Hall–Kier alpha value is -0.980. The molecule has 1 aliphatic heterocycles. The molecule has 1 heterocycles. The molecule has 1 saturated heterocycles. The van der Waals surface area contributed by atoms with Crippen molar-refractivity contribution in [3.05, 3.63) is 38.3 Å². The fourth-order valence-electron chi connectivity index (χ4n) is 2.97. The molecule has 0 amide bonds. The van der Waals surface area contributed by atoms with Crippen molar-refractivity contribution < 1.29 is 4.92 Å². The molecule has 2 rings (SSSR count). The van der Waals surface area contributed by atoms with Crippen LogP contribution >= 0.6 is 15.9 Å². The highest BCUT2D eigenvalue weighted by molar-refractivity contribution is 9.10. The number of nitrogens with one attached hydrogen (secondary N) is 1. The minimum atomic E-state index is -0.330. The van der Waals surface area contributed by atoms with Crippen molar-refractivity contribution in [1.29, 1.82) is 0 Å². The normalized spacial score (nSPS) is 19.6. The van der Waals surface area contributed by atoms with Crippen molar-refractivity contribution in [3.8, 4) is 0 Å². The van der Waals surface area contributed by atoms with Gasteiger partial charge in [-0.15, -0.1) is 0 Å². The zero-order valence-electron chi connectivity index (χ0n) is 12.3. The van der Waals surface area contributed by atoms with E-state index in [0.29, 0.717) is 6.04 Å². The van der Waals surface area contributed by atoms with E-state index in [1.54, 1.807) is 12.1 Å². The Morgan fingerprint density at radius 3 is 2.95 bits per heavy atom. The number of hydrogen-bond donors (Lipinski definition) is 1. The van der Waals surface area contributed by atoms with Gasteiger partial charge in [0, 0.05) is 29.2 Å². The van der Waals surface area contributed by atoms with E-state index in [2.05, 4.69) is 26.1 Å². The zero-order valence-corrected chi connectivity index (χ0v) is 13.9. The smallest absolute Gasteiger partial charge is 0.270 e. The molecule has 1 aromatic rings. The van der Waals surface area contributed by atoms with E-state index in [4.69, 9.17) is 0 Å². The van der Waals surface area contributed by atoms with Crippen LogP contribution in [0.5, 0.6) is 0 Å². The number of piperidine rings is 1. The third kappa shape index (κ3) is 4.76. The summed E-state index contributed by atoms with van der Waals surface area (Å²) in [6, 6.07) is 5.80. The van der Waals surface area contributed by atoms with E-state index in [1.165, 1.54) is 19.3 Å². The monoisotopic (exact) mass is 355 g/mol. The summed E-state index contributed by atoms with van der Waals surface area (Å²) in [5.41, 5.74) is 1.16. The van der Waals surface area contributed by atoms with Gasteiger partial charge in [0.25, 0.3) is 5.69 Å². The molecule has 116 valence electrons. The third-order valence-electron chi connectivity index (χ3n) is 4.02. The van der Waals surface area contributed by atoms with Crippen LogP contribution in [0.2, 0.25) is 0 Å². The van der Waals surface area contributed by atoms with Crippen molar-refractivity contribution in [2.45, 2.75) is 38.3 Å². The van der Waals surface area contributed by atoms with Gasteiger partial charge < -0.3 is 5.32 Å². The number of halogens is 1. The van der Waals surface area contributed by atoms with Gasteiger partial charge in [-0.2, -0.15) is 0 Å². The molecular formula is C15H22BrN3O2. The van der Waals surface area contributed by atoms with E-state index >= 15 is 0 Å². The van der Waals surface area contributed by atoms with Gasteiger partial charge in [0.05, 0.1) is 4.92 Å². The maximum atomic E-state index is 11.0. The number of benzene rings is 1. The zero-order chi connectivity index (χ0) is 15.2. The molecule has 21 heavy (non-hydrogen) atoms. The van der Waals surface area contributed by atoms with Crippen LogP contribution in [0.1, 0.15) is 31.2 Å². The van der Waals surface area contributed by atoms with E-state index in [-0.39, 0.29) is 10.6 Å². The second-order valence-corrected chi connectivity index (χ2v) is 6.50. The van der Waals surface area contributed by atoms with Gasteiger partial charge in [0.1, 0.15) is 0 Å². The predicted octanol–water partition coefficient (Wildman–Crippen LogP) is 3.32. The van der Waals surface area contributed by atoms with E-state index in [1.807, 2.05) is 13.1 Å². The lowest BCUT2D eigenvalue weighted by atomic mass is 9.98. The Kier molecular flexibility index (Phi) is 6.14. The van der Waals surface area contributed by atoms with Gasteiger partial charge in [0.15, 0.2) is 0 Å². The summed E-state index contributed by atoms with van der Waals surface area (Å²) < 4.78 is 0.774. The lowest BCUT2D eigenvalue weighted by molar-refractivity contribution is -0.385. The van der Waals surface area contributed by atoms with Crippen LogP contribution in [-0.2, 0) is 6.54 Å². The standard InChI is InChI=1S/C15H22BrN3O2/c1-17-6-5-14-4-2-3-7-18(14)11-12-8-13(16)10-15(9-12)19(20)21/h8-10,14,17H,2-7,11H2,1H3. The largest absolute Gasteiger partial charge is 0.320 e. The first-order chi connectivity index (χ1) is 10.1. The van der Waals surface area contributed by atoms with Gasteiger partial charge in [-0.05, 0) is 51.0 Å². The average molecular weight is 356 g/mol. The van der Waals surface area contributed by atoms with E-state index in [0.717, 1.165) is 36.1 Å². The number of nitrogens with zero attached hydrogens (tertiary/aromatic N) is 2. The highest BCUT2D eigenvalue weighted by Crippen LogP contribution is 2.26. The third-order valence-corrected chi connectivity index (χ3v) is 4.47. The summed E-state index contributed by atoms with van der Waals surface area (Å²) in [6.45, 7) is 2.88. The highest BCUT2D eigenvalue weighted by atomic mass is 79.9. The van der Waals surface area contributed by atoms with Crippen molar-refractivity contribution >= 4 is 21.6 Å². The summed E-state index contributed by atoms with van der Waals surface area (Å²) in [5.74, 6) is 0. The summed E-state index contributed by atoms with van der Waals surface area (Å²) >= 11 is 3.37. The van der Waals surface area contributed by atoms with Gasteiger partial charge >= 0.3 is 0 Å². The number of nitro benzene ring substituents is 1. The lowest BCUT2D eigenvalue weighted by Crippen LogP contribution is -2.40. The SMILES string of the molecule is CNCCC1CCCCN1Cc1cc(Br)cc([N+](=O)[O-])c1. The number of non-ortho nitro benzene ring substituents is 1. The molecule has 6 heteroatoms. The van der Waals surface area contributed by atoms with E-state index < -0.39 is 0 Å². The molecular weight excluding hydrogens is 334 g/mol. The van der Waals surface area contributed by atoms with Crippen LogP contribution in [0.25, 0.3) is 0 Å². The summed E-state index contributed by atoms with van der Waals surface area (Å²) in [5, 5.41) is 14.2. The Morgan fingerprint density at radius 1 is 1.43 bits per heavy atom. The van der Waals surface area contributed by atoms with Crippen molar-refractivity contribution in [1.82, 2.24) is 10.2 Å². The second kappa shape index (κ2) is 7.87. The van der Waals surface area contributed by atoms with Crippen molar-refractivity contribution in [3.63, 3.8) is 0 Å². The Balaban J connectivity index is 2.09. The number of hydrogen-bond acceptors (Lipinski definition) is 4. The topological polar surface area (TPSA) is 58.4 Å². The maximum Gasteiger partial charge on any atom is 0.270 e. The van der Waals surface area contributed by atoms with Crippen LogP contribution in [0, 0.1) is 10.1 Å². The van der Waals surface area contributed by atoms with Crippen LogP contribution < -0.4 is 5.32 Å². The van der Waals surface area contributed by atoms with E-state index in [9.17, 15) is 10.1 Å². The van der Waals surface area contributed by atoms with Crippen LogP contribution in [0.15, 0.2) is 22.7 Å². The molecule has 1 fully saturated rings. The fraction of sp³-hybridized carbons (Fsp3) is 0.600. The Labute approximate surface area is 134 Å². The first-order valence-corrected chi connectivity index (χ1v) is 8.22. The Morgan fingerprint density at radius 2 is 2.24 bits per heavy atom. The molecule has 0 bridgehead atoms. The molecule has 5 nitrogen and oxygen atoms in total. The fourth-order valence-corrected chi connectivity index (χ4v) is 3.50. The predicted molar refractivity (Wildman–Crippen MR) is 87.4 cm³/mol. The number of likely N-dealkylation sites (tertiary alicyclic amines) is 1. The molecule has 1 aliphatic rings. The minimum Gasteiger partial charge on any atom is -0.320 e. The first kappa shape index (κ1) is 16.4. The number of nitro groups is 1. The Bertz CT molecular complexity index is 496.